The molecule has 1 aromatic carbocycles. The molecule has 1 spiro atoms. The van der Waals surface area contributed by atoms with Crippen molar-refractivity contribution in [3.05, 3.63) is 29.8 Å². The lowest BCUT2D eigenvalue weighted by Crippen LogP contribution is -2.45. The second kappa shape index (κ2) is 4.31. The lowest BCUT2D eigenvalue weighted by Gasteiger charge is -2.39. The van der Waals surface area contributed by atoms with Gasteiger partial charge in [-0.1, -0.05) is 18.2 Å². The summed E-state index contributed by atoms with van der Waals surface area (Å²) in [6.45, 7) is 5.71. The van der Waals surface area contributed by atoms with Crippen molar-refractivity contribution < 1.29 is 9.47 Å². The molecular weight excluding hydrogens is 214 g/mol. The average molecular weight is 233 g/mol. The van der Waals surface area contributed by atoms with E-state index in [-0.39, 0.29) is 5.79 Å². The molecule has 0 aromatic heterocycles. The summed E-state index contributed by atoms with van der Waals surface area (Å²) in [6, 6.07) is 8.56. The third-order valence-corrected chi connectivity index (χ3v) is 3.79. The van der Waals surface area contributed by atoms with Gasteiger partial charge in [-0.25, -0.2) is 0 Å². The maximum atomic E-state index is 5.75. The van der Waals surface area contributed by atoms with E-state index in [2.05, 4.69) is 36.1 Å². The highest BCUT2D eigenvalue weighted by atomic mass is 16.7. The summed E-state index contributed by atoms with van der Waals surface area (Å²) in [5.41, 5.74) is 2.69. The Hall–Kier alpha value is -1.06. The SMILES string of the molecule is Cc1ccccc1N1CCC2(CC1)OCCO2. The predicted octanol–water partition coefficient (Wildman–Crippen LogP) is 2.34. The van der Waals surface area contributed by atoms with Crippen LogP contribution >= 0.6 is 0 Å². The third kappa shape index (κ3) is 2.05. The van der Waals surface area contributed by atoms with E-state index in [1.807, 2.05) is 0 Å². The molecule has 2 fully saturated rings. The summed E-state index contributed by atoms with van der Waals surface area (Å²) in [7, 11) is 0. The summed E-state index contributed by atoms with van der Waals surface area (Å²) >= 11 is 0. The Morgan fingerprint density at radius 2 is 1.71 bits per heavy atom. The van der Waals surface area contributed by atoms with Gasteiger partial charge in [0.05, 0.1) is 13.2 Å². The van der Waals surface area contributed by atoms with Gasteiger partial charge in [0, 0.05) is 31.6 Å². The molecule has 0 unspecified atom stereocenters. The van der Waals surface area contributed by atoms with E-state index in [1.54, 1.807) is 0 Å². The highest BCUT2D eigenvalue weighted by molar-refractivity contribution is 5.53. The van der Waals surface area contributed by atoms with Crippen LogP contribution in [-0.4, -0.2) is 32.1 Å². The summed E-state index contributed by atoms with van der Waals surface area (Å²) in [6.07, 6.45) is 1.95. The van der Waals surface area contributed by atoms with Crippen LogP contribution in [0.4, 0.5) is 5.69 Å². The lowest BCUT2D eigenvalue weighted by molar-refractivity contribution is -0.169. The fourth-order valence-electron chi connectivity index (χ4n) is 2.79. The first-order valence-corrected chi connectivity index (χ1v) is 6.38. The Bertz CT molecular complexity index is 389. The molecule has 3 rings (SSSR count). The minimum absolute atomic E-state index is 0.265. The summed E-state index contributed by atoms with van der Waals surface area (Å²) in [5, 5.41) is 0. The van der Waals surface area contributed by atoms with Crippen molar-refractivity contribution in [3.63, 3.8) is 0 Å². The Balaban J connectivity index is 1.71. The van der Waals surface area contributed by atoms with Gasteiger partial charge >= 0.3 is 0 Å². The zero-order chi connectivity index (χ0) is 11.7. The molecule has 0 bridgehead atoms. The summed E-state index contributed by atoms with van der Waals surface area (Å²) in [4.78, 5) is 2.44. The maximum absolute atomic E-state index is 5.75. The van der Waals surface area contributed by atoms with Gasteiger partial charge in [-0.15, -0.1) is 0 Å². The van der Waals surface area contributed by atoms with Gasteiger partial charge < -0.3 is 14.4 Å². The summed E-state index contributed by atoms with van der Waals surface area (Å²) < 4.78 is 11.5. The zero-order valence-electron chi connectivity index (χ0n) is 10.3. The molecule has 0 radical (unpaired) electrons. The molecular formula is C14H19NO2. The number of aryl methyl sites for hydroxylation is 1. The molecule has 0 amide bonds. The predicted molar refractivity (Wildman–Crippen MR) is 67.3 cm³/mol. The number of hydrogen-bond acceptors (Lipinski definition) is 3. The number of ether oxygens (including phenoxy) is 2. The second-order valence-electron chi connectivity index (χ2n) is 4.88. The van der Waals surface area contributed by atoms with Crippen LogP contribution in [0, 0.1) is 6.92 Å². The van der Waals surface area contributed by atoms with Gasteiger partial charge in [0.1, 0.15) is 0 Å². The summed E-state index contributed by atoms with van der Waals surface area (Å²) in [5.74, 6) is -0.265. The number of para-hydroxylation sites is 1. The average Bonchev–Trinajstić information content (AvgIpc) is 2.80. The van der Waals surface area contributed by atoms with Crippen LogP contribution < -0.4 is 4.90 Å². The van der Waals surface area contributed by atoms with Crippen molar-refractivity contribution in [1.82, 2.24) is 0 Å². The molecule has 92 valence electrons. The Labute approximate surface area is 102 Å². The van der Waals surface area contributed by atoms with Crippen LogP contribution in [0.1, 0.15) is 18.4 Å². The highest BCUT2D eigenvalue weighted by Crippen LogP contribution is 2.33. The van der Waals surface area contributed by atoms with Crippen molar-refractivity contribution in [2.75, 3.05) is 31.2 Å². The fourth-order valence-corrected chi connectivity index (χ4v) is 2.79. The molecule has 1 aromatic rings. The van der Waals surface area contributed by atoms with Crippen LogP contribution in [0.25, 0.3) is 0 Å². The van der Waals surface area contributed by atoms with E-state index in [0.29, 0.717) is 0 Å². The van der Waals surface area contributed by atoms with Gasteiger partial charge in [-0.05, 0) is 18.6 Å². The van der Waals surface area contributed by atoms with Gasteiger partial charge in [0.15, 0.2) is 5.79 Å². The minimum Gasteiger partial charge on any atom is -0.371 e. The first-order valence-electron chi connectivity index (χ1n) is 6.38. The van der Waals surface area contributed by atoms with Crippen LogP contribution in [0.5, 0.6) is 0 Å². The first-order chi connectivity index (χ1) is 8.29. The molecule has 3 heteroatoms. The number of piperidine rings is 1. The van der Waals surface area contributed by atoms with Gasteiger partial charge in [0.2, 0.25) is 0 Å². The molecule has 3 nitrogen and oxygen atoms in total. The highest BCUT2D eigenvalue weighted by Gasteiger charge is 2.39. The van der Waals surface area contributed by atoms with Crippen molar-refractivity contribution in [1.29, 1.82) is 0 Å². The molecule has 2 heterocycles. The largest absolute Gasteiger partial charge is 0.371 e. The third-order valence-electron chi connectivity index (χ3n) is 3.79. The van der Waals surface area contributed by atoms with E-state index in [0.717, 1.165) is 39.1 Å². The number of rotatable bonds is 1. The monoisotopic (exact) mass is 233 g/mol. The van der Waals surface area contributed by atoms with Crippen LogP contribution in [0.15, 0.2) is 24.3 Å². The Kier molecular flexibility index (Phi) is 2.81. The number of benzene rings is 1. The van der Waals surface area contributed by atoms with E-state index in [9.17, 15) is 0 Å². The van der Waals surface area contributed by atoms with E-state index < -0.39 is 0 Å². The van der Waals surface area contributed by atoms with Gasteiger partial charge in [-0.2, -0.15) is 0 Å². The lowest BCUT2D eigenvalue weighted by atomic mass is 10.0. The van der Waals surface area contributed by atoms with Crippen molar-refractivity contribution in [2.45, 2.75) is 25.6 Å². The van der Waals surface area contributed by atoms with Gasteiger partial charge in [-0.3, -0.25) is 0 Å². The second-order valence-corrected chi connectivity index (χ2v) is 4.88. The molecule has 0 atom stereocenters. The standard InChI is InChI=1S/C14H19NO2/c1-12-4-2-3-5-13(12)15-8-6-14(7-9-15)16-10-11-17-14/h2-5H,6-11H2,1H3. The molecule has 0 saturated carbocycles. The van der Waals surface area contributed by atoms with Crippen molar-refractivity contribution in [2.24, 2.45) is 0 Å². The van der Waals surface area contributed by atoms with E-state index in [1.165, 1.54) is 11.3 Å². The molecule has 17 heavy (non-hydrogen) atoms. The van der Waals surface area contributed by atoms with Crippen molar-refractivity contribution >= 4 is 5.69 Å². The zero-order valence-corrected chi connectivity index (χ0v) is 10.3. The van der Waals surface area contributed by atoms with Gasteiger partial charge in [0.25, 0.3) is 0 Å². The minimum atomic E-state index is -0.265. The number of nitrogens with zero attached hydrogens (tertiary/aromatic N) is 1. The number of hydrogen-bond donors (Lipinski definition) is 0. The van der Waals surface area contributed by atoms with E-state index in [4.69, 9.17) is 9.47 Å². The molecule has 0 aliphatic carbocycles. The van der Waals surface area contributed by atoms with Crippen LogP contribution in [-0.2, 0) is 9.47 Å². The maximum Gasteiger partial charge on any atom is 0.171 e. The normalized spacial score (nSPS) is 23.2. The number of anilines is 1. The Morgan fingerprint density at radius 1 is 1.06 bits per heavy atom. The quantitative estimate of drug-likeness (QED) is 0.743. The topological polar surface area (TPSA) is 21.7 Å². The van der Waals surface area contributed by atoms with E-state index >= 15 is 0 Å². The first kappa shape index (κ1) is 11.1. The van der Waals surface area contributed by atoms with Crippen LogP contribution in [0.3, 0.4) is 0 Å². The molecule has 0 N–H and O–H groups in total. The molecule has 2 saturated heterocycles. The molecule has 2 aliphatic rings. The Morgan fingerprint density at radius 3 is 2.35 bits per heavy atom. The van der Waals surface area contributed by atoms with Crippen molar-refractivity contribution in [3.8, 4) is 0 Å². The fraction of sp³-hybridized carbons (Fsp3) is 0.571. The van der Waals surface area contributed by atoms with Crippen LogP contribution in [0.2, 0.25) is 0 Å². The smallest absolute Gasteiger partial charge is 0.171 e. The molecule has 2 aliphatic heterocycles.